The van der Waals surface area contributed by atoms with Gasteiger partial charge in [-0.05, 0) is 54.7 Å². The van der Waals surface area contributed by atoms with Gasteiger partial charge in [0.15, 0.2) is 0 Å². The molecule has 0 bridgehead atoms. The fraction of sp³-hybridized carbons (Fsp3) is 0.350. The molecule has 5 nitrogen and oxygen atoms in total. The molecule has 25 heavy (non-hydrogen) atoms. The average Bonchev–Trinajstić information content (AvgIpc) is 2.97. The topological polar surface area (TPSA) is 59.5 Å². The molecule has 128 valence electrons. The molecule has 2 heterocycles. The van der Waals surface area contributed by atoms with E-state index >= 15 is 0 Å². The second-order valence-corrected chi connectivity index (χ2v) is 7.01. The Kier molecular flexibility index (Phi) is 3.79. The zero-order valence-corrected chi connectivity index (χ0v) is 14.2. The standard InChI is InChI=1S/C20H20N2O3/c1-25-19(24)15-2-3-16-11-20(7-4-14(16)10-15)12-18(23)22(13-20)17-5-8-21-9-6-17/h2-3,5-6,8-10H,4,7,11-13H2,1H3. The summed E-state index contributed by atoms with van der Waals surface area (Å²) in [6.07, 6.45) is 6.73. The molecule has 2 aliphatic rings. The van der Waals surface area contributed by atoms with Crippen molar-refractivity contribution in [3.8, 4) is 0 Å². The highest BCUT2D eigenvalue weighted by Gasteiger charge is 2.45. The van der Waals surface area contributed by atoms with E-state index in [1.54, 1.807) is 12.4 Å². The van der Waals surface area contributed by atoms with Crippen LogP contribution in [-0.4, -0.2) is 30.5 Å². The quantitative estimate of drug-likeness (QED) is 0.791. The minimum Gasteiger partial charge on any atom is -0.465 e. The Morgan fingerprint density at radius 1 is 1.16 bits per heavy atom. The maximum absolute atomic E-state index is 12.6. The lowest BCUT2D eigenvalue weighted by Gasteiger charge is -2.34. The van der Waals surface area contributed by atoms with Crippen LogP contribution >= 0.6 is 0 Å². The monoisotopic (exact) mass is 336 g/mol. The van der Waals surface area contributed by atoms with Crippen LogP contribution in [0.25, 0.3) is 0 Å². The molecule has 1 aliphatic carbocycles. The minimum atomic E-state index is -0.303. The van der Waals surface area contributed by atoms with Crippen LogP contribution < -0.4 is 4.90 Å². The summed E-state index contributed by atoms with van der Waals surface area (Å²) >= 11 is 0. The third-order valence-electron chi connectivity index (χ3n) is 5.41. The van der Waals surface area contributed by atoms with E-state index in [4.69, 9.17) is 4.74 Å². The maximum Gasteiger partial charge on any atom is 0.337 e. The normalized spacial score (nSPS) is 22.1. The Bertz CT molecular complexity index is 834. The van der Waals surface area contributed by atoms with Gasteiger partial charge in [0.05, 0.1) is 12.7 Å². The number of rotatable bonds is 2. The third-order valence-corrected chi connectivity index (χ3v) is 5.41. The van der Waals surface area contributed by atoms with Crippen LogP contribution in [0, 0.1) is 5.41 Å². The fourth-order valence-electron chi connectivity index (χ4n) is 4.11. The van der Waals surface area contributed by atoms with Gasteiger partial charge in [-0.15, -0.1) is 0 Å². The number of aromatic nitrogens is 1. The number of nitrogens with zero attached hydrogens (tertiary/aromatic N) is 2. The second kappa shape index (κ2) is 5.99. The van der Waals surface area contributed by atoms with Crippen molar-refractivity contribution in [2.75, 3.05) is 18.6 Å². The molecular formula is C20H20N2O3. The number of esters is 1. The summed E-state index contributed by atoms with van der Waals surface area (Å²) in [5, 5.41) is 0. The summed E-state index contributed by atoms with van der Waals surface area (Å²) in [4.78, 5) is 30.2. The maximum atomic E-state index is 12.6. The van der Waals surface area contributed by atoms with Crippen molar-refractivity contribution in [1.29, 1.82) is 0 Å². The predicted octanol–water partition coefficient (Wildman–Crippen LogP) is 2.78. The molecule has 1 aromatic heterocycles. The fourth-order valence-corrected chi connectivity index (χ4v) is 4.11. The Hall–Kier alpha value is -2.69. The predicted molar refractivity (Wildman–Crippen MR) is 93.4 cm³/mol. The first-order valence-corrected chi connectivity index (χ1v) is 8.51. The molecule has 1 unspecified atom stereocenters. The number of hydrogen-bond acceptors (Lipinski definition) is 4. The summed E-state index contributed by atoms with van der Waals surface area (Å²) in [6.45, 7) is 0.744. The number of ether oxygens (including phenoxy) is 1. The van der Waals surface area contributed by atoms with Crippen LogP contribution in [0.1, 0.15) is 34.3 Å². The molecule has 1 amide bonds. The molecule has 5 heteroatoms. The number of carbonyl (C=O) groups is 2. The van der Waals surface area contributed by atoms with E-state index in [1.807, 2.05) is 35.2 Å². The molecule has 2 aromatic rings. The van der Waals surface area contributed by atoms with Gasteiger partial charge in [-0.2, -0.15) is 0 Å². The first-order chi connectivity index (χ1) is 12.1. The highest BCUT2D eigenvalue weighted by atomic mass is 16.5. The lowest BCUT2D eigenvalue weighted by Crippen LogP contribution is -2.33. The molecule has 1 spiro atoms. The van der Waals surface area contributed by atoms with Gasteiger partial charge in [-0.3, -0.25) is 9.78 Å². The van der Waals surface area contributed by atoms with Crippen molar-refractivity contribution in [2.24, 2.45) is 5.41 Å². The van der Waals surface area contributed by atoms with Gasteiger partial charge < -0.3 is 9.64 Å². The Balaban J connectivity index is 1.58. The van der Waals surface area contributed by atoms with Crippen molar-refractivity contribution >= 4 is 17.6 Å². The summed E-state index contributed by atoms with van der Waals surface area (Å²) in [7, 11) is 1.40. The van der Waals surface area contributed by atoms with Gasteiger partial charge >= 0.3 is 5.97 Å². The molecule has 4 rings (SSSR count). The van der Waals surface area contributed by atoms with Gasteiger partial charge in [0.2, 0.25) is 5.91 Å². The number of pyridine rings is 1. The van der Waals surface area contributed by atoms with Crippen LogP contribution in [0.4, 0.5) is 5.69 Å². The molecule has 1 saturated heterocycles. The Labute approximate surface area is 146 Å². The van der Waals surface area contributed by atoms with Crippen molar-refractivity contribution in [2.45, 2.75) is 25.7 Å². The molecule has 1 fully saturated rings. The number of amides is 1. The SMILES string of the molecule is COC(=O)c1ccc2c(c1)CCC1(CC(=O)N(c3ccncc3)C1)C2. The van der Waals surface area contributed by atoms with Crippen LogP contribution in [-0.2, 0) is 22.4 Å². The summed E-state index contributed by atoms with van der Waals surface area (Å²) in [5.74, 6) is -0.121. The van der Waals surface area contributed by atoms with Crippen molar-refractivity contribution in [3.63, 3.8) is 0 Å². The zero-order valence-electron chi connectivity index (χ0n) is 14.2. The number of hydrogen-bond donors (Lipinski definition) is 0. The third kappa shape index (κ3) is 2.80. The van der Waals surface area contributed by atoms with E-state index in [1.165, 1.54) is 18.2 Å². The van der Waals surface area contributed by atoms with Gasteiger partial charge in [0, 0.05) is 36.5 Å². The van der Waals surface area contributed by atoms with Gasteiger partial charge in [-0.25, -0.2) is 4.79 Å². The van der Waals surface area contributed by atoms with E-state index in [-0.39, 0.29) is 17.3 Å². The Morgan fingerprint density at radius 2 is 1.96 bits per heavy atom. The summed E-state index contributed by atoms with van der Waals surface area (Å²) in [5.41, 5.74) is 3.94. The van der Waals surface area contributed by atoms with E-state index < -0.39 is 0 Å². The van der Waals surface area contributed by atoms with Crippen LogP contribution in [0.5, 0.6) is 0 Å². The number of methoxy groups -OCH3 is 1. The number of fused-ring (bicyclic) bond motifs is 1. The molecule has 0 saturated carbocycles. The summed E-state index contributed by atoms with van der Waals surface area (Å²) < 4.78 is 4.80. The van der Waals surface area contributed by atoms with Gasteiger partial charge in [0.25, 0.3) is 0 Å². The highest BCUT2D eigenvalue weighted by Crippen LogP contribution is 2.44. The van der Waals surface area contributed by atoms with Gasteiger partial charge in [-0.1, -0.05) is 6.07 Å². The van der Waals surface area contributed by atoms with Gasteiger partial charge in [0.1, 0.15) is 0 Å². The number of benzene rings is 1. The first-order valence-electron chi connectivity index (χ1n) is 8.51. The van der Waals surface area contributed by atoms with Crippen LogP contribution in [0.2, 0.25) is 0 Å². The van der Waals surface area contributed by atoms with Crippen molar-refractivity contribution in [3.05, 3.63) is 59.4 Å². The van der Waals surface area contributed by atoms with Crippen molar-refractivity contribution in [1.82, 2.24) is 4.98 Å². The van der Waals surface area contributed by atoms with E-state index in [9.17, 15) is 9.59 Å². The molecule has 1 aromatic carbocycles. The number of anilines is 1. The lowest BCUT2D eigenvalue weighted by atomic mass is 9.71. The van der Waals surface area contributed by atoms with E-state index in [0.717, 1.165) is 31.5 Å². The van der Waals surface area contributed by atoms with Crippen LogP contribution in [0.3, 0.4) is 0 Å². The lowest BCUT2D eigenvalue weighted by molar-refractivity contribution is -0.117. The van der Waals surface area contributed by atoms with Crippen molar-refractivity contribution < 1.29 is 14.3 Å². The smallest absolute Gasteiger partial charge is 0.337 e. The van der Waals surface area contributed by atoms with Crippen LogP contribution in [0.15, 0.2) is 42.7 Å². The minimum absolute atomic E-state index is 0.0138. The highest BCUT2D eigenvalue weighted by molar-refractivity contribution is 5.96. The van der Waals surface area contributed by atoms with E-state index in [2.05, 4.69) is 4.98 Å². The number of aryl methyl sites for hydroxylation is 1. The molecule has 0 N–H and O–H groups in total. The second-order valence-electron chi connectivity index (χ2n) is 7.01. The molecule has 0 radical (unpaired) electrons. The van der Waals surface area contributed by atoms with E-state index in [0.29, 0.717) is 12.0 Å². The number of carbonyl (C=O) groups excluding carboxylic acids is 2. The molecule has 1 aliphatic heterocycles. The molecular weight excluding hydrogens is 316 g/mol. The summed E-state index contributed by atoms with van der Waals surface area (Å²) in [6, 6.07) is 9.54. The zero-order chi connectivity index (χ0) is 17.4. The molecule has 1 atom stereocenters. The first kappa shape index (κ1) is 15.8. The Morgan fingerprint density at radius 3 is 2.72 bits per heavy atom. The largest absolute Gasteiger partial charge is 0.465 e. The average molecular weight is 336 g/mol.